The molecule has 0 unspecified atom stereocenters. The largest absolute Gasteiger partial charge is 0.503 e. The highest BCUT2D eigenvalue weighted by molar-refractivity contribution is 5.87. The first-order valence-electron chi connectivity index (χ1n) is 8.12. The summed E-state index contributed by atoms with van der Waals surface area (Å²) in [5.41, 5.74) is -0.576. The number of aromatic nitrogens is 3. The van der Waals surface area contributed by atoms with E-state index in [1.807, 2.05) is 0 Å². The number of H-pyrrole nitrogens is 1. The summed E-state index contributed by atoms with van der Waals surface area (Å²) >= 11 is 0. The van der Waals surface area contributed by atoms with Crippen LogP contribution in [0.4, 0.5) is 19.0 Å². The van der Waals surface area contributed by atoms with Gasteiger partial charge in [0, 0.05) is 6.07 Å². The molecule has 2 aromatic heterocycles. The van der Waals surface area contributed by atoms with E-state index in [4.69, 9.17) is 0 Å². The Morgan fingerprint density at radius 2 is 1.93 bits per heavy atom. The lowest BCUT2D eigenvalue weighted by atomic mass is 9.97. The zero-order chi connectivity index (χ0) is 19.9. The maximum Gasteiger partial charge on any atom is 0.416 e. The van der Waals surface area contributed by atoms with Crippen LogP contribution in [0.1, 0.15) is 35.5 Å². The van der Waals surface area contributed by atoms with Gasteiger partial charge in [0.05, 0.1) is 17.0 Å². The molecule has 0 aliphatic carbocycles. The van der Waals surface area contributed by atoms with E-state index >= 15 is 0 Å². The van der Waals surface area contributed by atoms with Crippen LogP contribution in [-0.2, 0) is 6.18 Å². The number of nitrogens with one attached hydrogen (secondary N) is 2. The van der Waals surface area contributed by atoms with Gasteiger partial charge in [-0.2, -0.15) is 13.2 Å². The summed E-state index contributed by atoms with van der Waals surface area (Å²) in [7, 11) is 0. The molecule has 6 nitrogen and oxygen atoms in total. The number of hydrogen-bond acceptors (Lipinski definition) is 5. The lowest BCUT2D eigenvalue weighted by Gasteiger charge is -2.21. The van der Waals surface area contributed by atoms with Gasteiger partial charge in [-0.1, -0.05) is 12.1 Å². The third-order valence-electron chi connectivity index (χ3n) is 4.30. The predicted octanol–water partition coefficient (Wildman–Crippen LogP) is 3.83. The van der Waals surface area contributed by atoms with Gasteiger partial charge >= 0.3 is 6.18 Å². The molecule has 2 heterocycles. The van der Waals surface area contributed by atoms with Crippen molar-refractivity contribution in [3.63, 3.8) is 0 Å². The van der Waals surface area contributed by atoms with Crippen molar-refractivity contribution >= 4 is 16.9 Å². The average molecular weight is 378 g/mol. The fraction of sp³-hybridized carbons (Fsp3) is 0.278. The van der Waals surface area contributed by atoms with Crippen molar-refractivity contribution in [1.82, 2.24) is 15.0 Å². The van der Waals surface area contributed by atoms with E-state index in [9.17, 15) is 23.1 Å². The van der Waals surface area contributed by atoms with Gasteiger partial charge in [0.15, 0.2) is 5.75 Å². The third-order valence-corrected chi connectivity index (χ3v) is 4.30. The smallest absolute Gasteiger partial charge is 0.416 e. The van der Waals surface area contributed by atoms with Gasteiger partial charge in [-0.15, -0.1) is 0 Å². The highest BCUT2D eigenvalue weighted by Gasteiger charge is 2.33. The Labute approximate surface area is 152 Å². The van der Waals surface area contributed by atoms with Gasteiger partial charge in [0.25, 0.3) is 5.56 Å². The van der Waals surface area contributed by atoms with Crippen LogP contribution in [0.2, 0.25) is 0 Å². The number of pyridine rings is 1. The number of hydrogen-bond donors (Lipinski definition) is 3. The zero-order valence-electron chi connectivity index (χ0n) is 14.8. The Morgan fingerprint density at radius 3 is 2.59 bits per heavy atom. The van der Waals surface area contributed by atoms with E-state index in [1.165, 1.54) is 19.1 Å². The van der Waals surface area contributed by atoms with Crippen molar-refractivity contribution in [2.75, 3.05) is 5.32 Å². The molecule has 3 N–H and O–H groups in total. The SMILES string of the molecule is Cc1nc(N[C@H](C)c2cccc(C(F)(F)F)c2C)c2cc(O)c(=O)[nH]c2n1. The zero-order valence-corrected chi connectivity index (χ0v) is 14.8. The van der Waals surface area contributed by atoms with E-state index in [2.05, 4.69) is 20.3 Å². The minimum Gasteiger partial charge on any atom is -0.503 e. The number of fused-ring (bicyclic) bond motifs is 1. The molecule has 0 spiro atoms. The number of aryl methyl sites for hydroxylation is 1. The van der Waals surface area contributed by atoms with Crippen LogP contribution in [0.25, 0.3) is 11.0 Å². The van der Waals surface area contributed by atoms with Crippen molar-refractivity contribution in [2.24, 2.45) is 0 Å². The molecule has 27 heavy (non-hydrogen) atoms. The standard InChI is InChI=1S/C18H17F3N4O2/c1-8-11(5-4-6-13(8)18(19,20)21)9(2)22-15-12-7-14(26)17(27)25-16(12)24-10(3)23-15/h4-7,9,26H,1-3H3,(H2,22,23,24,25,27)/t9-/m1/s1. The number of anilines is 1. The van der Waals surface area contributed by atoms with E-state index in [0.29, 0.717) is 22.6 Å². The summed E-state index contributed by atoms with van der Waals surface area (Å²) in [6.07, 6.45) is -4.44. The van der Waals surface area contributed by atoms with Crippen molar-refractivity contribution in [3.8, 4) is 5.75 Å². The first-order valence-corrected chi connectivity index (χ1v) is 8.12. The van der Waals surface area contributed by atoms with Gasteiger partial charge in [-0.3, -0.25) is 4.79 Å². The van der Waals surface area contributed by atoms with Gasteiger partial charge in [0.2, 0.25) is 0 Å². The van der Waals surface area contributed by atoms with E-state index in [1.54, 1.807) is 19.9 Å². The Morgan fingerprint density at radius 1 is 1.22 bits per heavy atom. The summed E-state index contributed by atoms with van der Waals surface area (Å²) in [4.78, 5) is 22.4. The number of aromatic amines is 1. The van der Waals surface area contributed by atoms with Gasteiger partial charge in [-0.25, -0.2) is 9.97 Å². The Hall–Kier alpha value is -3.10. The van der Waals surface area contributed by atoms with Gasteiger partial charge < -0.3 is 15.4 Å². The number of rotatable bonds is 3. The second-order valence-corrected chi connectivity index (χ2v) is 6.25. The summed E-state index contributed by atoms with van der Waals surface area (Å²) in [5, 5.41) is 13.1. The molecule has 9 heteroatoms. The first-order chi connectivity index (χ1) is 12.6. The number of benzene rings is 1. The Kier molecular flexibility index (Phi) is 4.54. The molecule has 3 aromatic rings. The number of nitrogens with zero attached hydrogens (tertiary/aromatic N) is 2. The molecule has 3 rings (SSSR count). The number of halogens is 3. The van der Waals surface area contributed by atoms with Crippen LogP contribution in [0.5, 0.6) is 5.75 Å². The monoisotopic (exact) mass is 378 g/mol. The van der Waals surface area contributed by atoms with Crippen molar-refractivity contribution in [3.05, 3.63) is 57.1 Å². The van der Waals surface area contributed by atoms with Gasteiger partial charge in [0.1, 0.15) is 17.3 Å². The van der Waals surface area contributed by atoms with Crippen molar-refractivity contribution in [1.29, 1.82) is 0 Å². The third kappa shape index (κ3) is 3.57. The Bertz CT molecular complexity index is 1080. The van der Waals surface area contributed by atoms with Crippen molar-refractivity contribution < 1.29 is 18.3 Å². The highest BCUT2D eigenvalue weighted by Crippen LogP contribution is 2.35. The number of aromatic hydroxyl groups is 1. The fourth-order valence-electron chi connectivity index (χ4n) is 3.01. The molecule has 0 fully saturated rings. The first kappa shape index (κ1) is 18.7. The highest BCUT2D eigenvalue weighted by atomic mass is 19.4. The lowest BCUT2D eigenvalue weighted by Crippen LogP contribution is -2.15. The van der Waals surface area contributed by atoms with E-state index in [0.717, 1.165) is 6.07 Å². The molecular weight excluding hydrogens is 361 g/mol. The topological polar surface area (TPSA) is 90.9 Å². The normalized spacial score (nSPS) is 13.0. The molecule has 0 radical (unpaired) electrons. The summed E-state index contributed by atoms with van der Waals surface area (Å²) in [6.45, 7) is 4.75. The van der Waals surface area contributed by atoms with E-state index in [-0.39, 0.29) is 11.2 Å². The van der Waals surface area contributed by atoms with Crippen LogP contribution < -0.4 is 10.9 Å². The maximum absolute atomic E-state index is 13.2. The minimum atomic E-state index is -4.44. The van der Waals surface area contributed by atoms with Crippen LogP contribution in [0.15, 0.2) is 29.1 Å². The molecule has 142 valence electrons. The second kappa shape index (κ2) is 6.57. The van der Waals surface area contributed by atoms with E-state index < -0.39 is 29.1 Å². The van der Waals surface area contributed by atoms with Crippen LogP contribution >= 0.6 is 0 Å². The van der Waals surface area contributed by atoms with Crippen molar-refractivity contribution in [2.45, 2.75) is 33.0 Å². The molecule has 0 aliphatic heterocycles. The molecule has 0 saturated heterocycles. The molecule has 0 saturated carbocycles. The van der Waals surface area contributed by atoms with Crippen LogP contribution in [-0.4, -0.2) is 20.1 Å². The molecular formula is C18H17F3N4O2. The minimum absolute atomic E-state index is 0.122. The molecule has 0 aliphatic rings. The van der Waals surface area contributed by atoms with Crippen LogP contribution in [0.3, 0.4) is 0 Å². The van der Waals surface area contributed by atoms with Gasteiger partial charge in [-0.05, 0) is 38.0 Å². The predicted molar refractivity (Wildman–Crippen MR) is 94.8 cm³/mol. The molecule has 0 bridgehead atoms. The molecule has 1 aromatic carbocycles. The maximum atomic E-state index is 13.2. The van der Waals surface area contributed by atoms with Crippen LogP contribution in [0, 0.1) is 13.8 Å². The summed E-state index contributed by atoms with van der Waals surface area (Å²) in [5.74, 6) is 0.161. The molecule has 0 amide bonds. The summed E-state index contributed by atoms with van der Waals surface area (Å²) in [6, 6.07) is 4.72. The summed E-state index contributed by atoms with van der Waals surface area (Å²) < 4.78 is 39.5. The fourth-order valence-corrected chi connectivity index (χ4v) is 3.01. The lowest BCUT2D eigenvalue weighted by molar-refractivity contribution is -0.138. The average Bonchev–Trinajstić information content (AvgIpc) is 2.55. The Balaban J connectivity index is 2.06. The number of alkyl halides is 3. The molecule has 1 atom stereocenters. The quantitative estimate of drug-likeness (QED) is 0.644. The second-order valence-electron chi connectivity index (χ2n) is 6.25.